The van der Waals surface area contributed by atoms with Gasteiger partial charge in [0.2, 0.25) is 0 Å². The summed E-state index contributed by atoms with van der Waals surface area (Å²) in [4.78, 5) is 11.1. The second-order valence-electron chi connectivity index (χ2n) is 5.06. The van der Waals surface area contributed by atoms with Crippen LogP contribution in [0.5, 0.6) is 0 Å². The normalized spacial score (nSPS) is 19.8. The zero-order valence-electron chi connectivity index (χ0n) is 11.4. The highest BCUT2D eigenvalue weighted by atomic mass is 32.1. The van der Waals surface area contributed by atoms with Gasteiger partial charge in [0.25, 0.3) is 0 Å². The monoisotopic (exact) mass is 277 g/mol. The Hall–Kier alpha value is -1.20. The molecule has 1 unspecified atom stereocenters. The Kier molecular flexibility index (Phi) is 3.66. The largest absolute Gasteiger partial charge is 0.376 e. The zero-order valence-corrected chi connectivity index (χ0v) is 12.2. The van der Waals surface area contributed by atoms with E-state index in [9.17, 15) is 0 Å². The predicted molar refractivity (Wildman–Crippen MR) is 79.0 cm³/mol. The first-order chi connectivity index (χ1) is 9.25. The molecule has 1 saturated heterocycles. The lowest BCUT2D eigenvalue weighted by Gasteiger charge is -2.23. The fourth-order valence-corrected chi connectivity index (χ4v) is 3.49. The molecule has 3 rings (SSSR count). The number of hydrogen-bond donors (Lipinski definition) is 1. The van der Waals surface area contributed by atoms with E-state index in [1.54, 1.807) is 17.7 Å². The molecule has 2 aromatic rings. The maximum atomic E-state index is 5.74. The van der Waals surface area contributed by atoms with Gasteiger partial charge in [-0.25, -0.2) is 9.97 Å². The van der Waals surface area contributed by atoms with Crippen molar-refractivity contribution in [1.29, 1.82) is 0 Å². The van der Waals surface area contributed by atoms with Crippen LogP contribution in [0.3, 0.4) is 0 Å². The molecule has 0 aliphatic carbocycles. The van der Waals surface area contributed by atoms with E-state index in [0.29, 0.717) is 6.10 Å². The second kappa shape index (κ2) is 5.43. The molecule has 1 atom stereocenters. The van der Waals surface area contributed by atoms with Crippen LogP contribution < -0.4 is 5.32 Å². The number of aromatic nitrogens is 2. The number of rotatable bonds is 3. The number of nitrogens with zero attached hydrogens (tertiary/aromatic N) is 2. The van der Waals surface area contributed by atoms with E-state index in [-0.39, 0.29) is 0 Å². The number of hydrogen-bond acceptors (Lipinski definition) is 5. The molecule has 19 heavy (non-hydrogen) atoms. The van der Waals surface area contributed by atoms with Crippen LogP contribution in [0.4, 0.5) is 5.82 Å². The molecule has 102 valence electrons. The van der Waals surface area contributed by atoms with Gasteiger partial charge in [-0.3, -0.25) is 0 Å². The minimum Gasteiger partial charge on any atom is -0.376 e. The van der Waals surface area contributed by atoms with Gasteiger partial charge in [-0.2, -0.15) is 0 Å². The third kappa shape index (κ3) is 2.58. The predicted octanol–water partition coefficient (Wildman–Crippen LogP) is 3.29. The van der Waals surface area contributed by atoms with Gasteiger partial charge in [0, 0.05) is 18.0 Å². The van der Waals surface area contributed by atoms with Crippen LogP contribution in [0.15, 0.2) is 6.33 Å². The van der Waals surface area contributed by atoms with Gasteiger partial charge in [0.05, 0.1) is 11.5 Å². The van der Waals surface area contributed by atoms with Gasteiger partial charge in [-0.1, -0.05) is 0 Å². The number of thiophene rings is 1. The maximum Gasteiger partial charge on any atom is 0.138 e. The summed E-state index contributed by atoms with van der Waals surface area (Å²) in [6, 6.07) is 0. The van der Waals surface area contributed by atoms with Crippen molar-refractivity contribution in [2.24, 2.45) is 0 Å². The first-order valence-electron chi connectivity index (χ1n) is 6.82. The lowest BCUT2D eigenvalue weighted by Crippen LogP contribution is -2.27. The summed E-state index contributed by atoms with van der Waals surface area (Å²) < 4.78 is 5.74. The summed E-state index contributed by atoms with van der Waals surface area (Å²) in [7, 11) is 0. The molecular formula is C14H19N3OS. The summed E-state index contributed by atoms with van der Waals surface area (Å²) in [6.45, 7) is 6.00. The molecule has 1 N–H and O–H groups in total. The minimum atomic E-state index is 0.318. The molecule has 4 nitrogen and oxygen atoms in total. The Labute approximate surface area is 117 Å². The number of anilines is 1. The lowest BCUT2D eigenvalue weighted by molar-refractivity contribution is 0.0247. The molecule has 2 aromatic heterocycles. The summed E-state index contributed by atoms with van der Waals surface area (Å²) in [5, 5.41) is 4.61. The van der Waals surface area contributed by atoms with Crippen molar-refractivity contribution in [2.75, 3.05) is 18.5 Å². The average molecular weight is 277 g/mol. The highest BCUT2D eigenvalue weighted by Crippen LogP contribution is 2.32. The fourth-order valence-electron chi connectivity index (χ4n) is 2.50. The molecule has 3 heterocycles. The van der Waals surface area contributed by atoms with Crippen molar-refractivity contribution in [1.82, 2.24) is 9.97 Å². The SMILES string of the molecule is Cc1sc2ncnc(NCC3CCCCO3)c2c1C. The van der Waals surface area contributed by atoms with Crippen molar-refractivity contribution in [2.45, 2.75) is 39.2 Å². The van der Waals surface area contributed by atoms with Crippen LogP contribution in [0.2, 0.25) is 0 Å². The highest BCUT2D eigenvalue weighted by Gasteiger charge is 2.16. The number of fused-ring (bicyclic) bond motifs is 1. The van der Waals surface area contributed by atoms with Gasteiger partial charge in [-0.15, -0.1) is 11.3 Å². The molecule has 1 aliphatic rings. The number of ether oxygens (including phenoxy) is 1. The van der Waals surface area contributed by atoms with E-state index in [1.807, 2.05) is 0 Å². The third-order valence-corrected chi connectivity index (χ3v) is 4.85. The van der Waals surface area contributed by atoms with Crippen molar-refractivity contribution < 1.29 is 4.74 Å². The van der Waals surface area contributed by atoms with E-state index in [0.717, 1.165) is 30.2 Å². The Morgan fingerprint density at radius 3 is 3.05 bits per heavy atom. The van der Waals surface area contributed by atoms with Crippen molar-refractivity contribution in [3.05, 3.63) is 16.8 Å². The van der Waals surface area contributed by atoms with Crippen LogP contribution in [-0.2, 0) is 4.74 Å². The van der Waals surface area contributed by atoms with Gasteiger partial charge < -0.3 is 10.1 Å². The van der Waals surface area contributed by atoms with Crippen molar-refractivity contribution in [3.63, 3.8) is 0 Å². The van der Waals surface area contributed by atoms with Crippen LogP contribution in [0.1, 0.15) is 29.7 Å². The van der Waals surface area contributed by atoms with Gasteiger partial charge in [0.15, 0.2) is 0 Å². The van der Waals surface area contributed by atoms with Gasteiger partial charge in [-0.05, 0) is 38.7 Å². The van der Waals surface area contributed by atoms with E-state index < -0.39 is 0 Å². The molecule has 0 radical (unpaired) electrons. The standard InChI is InChI=1S/C14H19N3OS/c1-9-10(2)19-14-12(9)13(16-8-17-14)15-7-11-5-3-4-6-18-11/h8,11H,3-7H2,1-2H3,(H,15,16,17). The van der Waals surface area contributed by atoms with E-state index in [1.165, 1.54) is 28.7 Å². The minimum absolute atomic E-state index is 0.318. The number of nitrogens with one attached hydrogen (secondary N) is 1. The Balaban J connectivity index is 1.80. The number of aryl methyl sites for hydroxylation is 2. The van der Waals surface area contributed by atoms with E-state index >= 15 is 0 Å². The van der Waals surface area contributed by atoms with Crippen molar-refractivity contribution >= 4 is 27.4 Å². The lowest BCUT2D eigenvalue weighted by atomic mass is 10.1. The molecule has 0 saturated carbocycles. The quantitative estimate of drug-likeness (QED) is 0.935. The van der Waals surface area contributed by atoms with Gasteiger partial charge >= 0.3 is 0 Å². The molecule has 1 aliphatic heterocycles. The summed E-state index contributed by atoms with van der Waals surface area (Å²) >= 11 is 1.73. The molecule has 1 fully saturated rings. The molecule has 5 heteroatoms. The Bertz CT molecular complexity index is 575. The Morgan fingerprint density at radius 2 is 2.26 bits per heavy atom. The van der Waals surface area contributed by atoms with Crippen LogP contribution in [0, 0.1) is 13.8 Å². The first kappa shape index (κ1) is 12.8. The Morgan fingerprint density at radius 1 is 1.37 bits per heavy atom. The topological polar surface area (TPSA) is 47.0 Å². The maximum absolute atomic E-state index is 5.74. The second-order valence-corrected chi connectivity index (χ2v) is 6.26. The molecule has 0 aromatic carbocycles. The molecule has 0 amide bonds. The van der Waals surface area contributed by atoms with E-state index in [4.69, 9.17) is 4.74 Å². The van der Waals surface area contributed by atoms with Crippen molar-refractivity contribution in [3.8, 4) is 0 Å². The van der Waals surface area contributed by atoms with Crippen LogP contribution in [0.25, 0.3) is 10.2 Å². The summed E-state index contributed by atoms with van der Waals surface area (Å²) in [6.07, 6.45) is 5.56. The highest BCUT2D eigenvalue weighted by molar-refractivity contribution is 7.18. The van der Waals surface area contributed by atoms with Crippen LogP contribution >= 0.6 is 11.3 Å². The first-order valence-corrected chi connectivity index (χ1v) is 7.63. The fraction of sp³-hybridized carbons (Fsp3) is 0.571. The smallest absolute Gasteiger partial charge is 0.138 e. The summed E-state index contributed by atoms with van der Waals surface area (Å²) in [5.74, 6) is 0.945. The average Bonchev–Trinajstić information content (AvgIpc) is 2.74. The van der Waals surface area contributed by atoms with E-state index in [2.05, 4.69) is 29.1 Å². The molecule has 0 bridgehead atoms. The van der Waals surface area contributed by atoms with Gasteiger partial charge in [0.1, 0.15) is 17.0 Å². The molecular weight excluding hydrogens is 258 g/mol. The molecule has 0 spiro atoms. The summed E-state index contributed by atoms with van der Waals surface area (Å²) in [5.41, 5.74) is 1.28. The van der Waals surface area contributed by atoms with Crippen LogP contribution in [-0.4, -0.2) is 29.2 Å². The third-order valence-electron chi connectivity index (χ3n) is 3.74. The zero-order chi connectivity index (χ0) is 13.2.